The third-order valence-corrected chi connectivity index (χ3v) is 5.92. The molecule has 3 unspecified atom stereocenters. The Labute approximate surface area is 124 Å². The molecule has 0 amide bonds. The molecular formula is C19H29N. The summed E-state index contributed by atoms with van der Waals surface area (Å²) in [7, 11) is 0. The minimum absolute atomic E-state index is 0.761. The third-order valence-electron chi connectivity index (χ3n) is 5.92. The molecule has 0 spiro atoms. The molecule has 1 aromatic carbocycles. The number of aryl methyl sites for hydroxylation is 1. The second kappa shape index (κ2) is 5.89. The molecular weight excluding hydrogens is 242 g/mol. The summed E-state index contributed by atoms with van der Waals surface area (Å²) >= 11 is 0. The summed E-state index contributed by atoms with van der Waals surface area (Å²) in [6.07, 6.45) is 6.90. The standard InChI is InChI=1S/C19H29N/c1-13-8-6-10-19(15(13)3)20-17-11-16(12-17)18-9-5-4-7-14(18)2/h4-5,7,9,13,15-17,19-20H,6,8,10-12H2,1-3H3. The summed E-state index contributed by atoms with van der Waals surface area (Å²) in [4.78, 5) is 0. The van der Waals surface area contributed by atoms with Crippen molar-refractivity contribution in [1.29, 1.82) is 0 Å². The van der Waals surface area contributed by atoms with Crippen molar-refractivity contribution >= 4 is 0 Å². The highest BCUT2D eigenvalue weighted by Crippen LogP contribution is 2.40. The monoisotopic (exact) mass is 271 g/mol. The van der Waals surface area contributed by atoms with E-state index in [0.29, 0.717) is 0 Å². The normalized spacial score (nSPS) is 37.5. The van der Waals surface area contributed by atoms with E-state index in [1.165, 1.54) is 37.7 Å². The molecule has 0 aliphatic heterocycles. The number of rotatable bonds is 3. The fourth-order valence-corrected chi connectivity index (χ4v) is 4.17. The fourth-order valence-electron chi connectivity index (χ4n) is 4.17. The maximum atomic E-state index is 3.95. The fraction of sp³-hybridized carbons (Fsp3) is 0.684. The lowest BCUT2D eigenvalue weighted by Gasteiger charge is -2.43. The predicted octanol–water partition coefficient (Wildman–Crippen LogP) is 4.66. The summed E-state index contributed by atoms with van der Waals surface area (Å²) in [5, 5.41) is 3.95. The first-order chi connectivity index (χ1) is 9.65. The van der Waals surface area contributed by atoms with E-state index in [0.717, 1.165) is 29.8 Å². The average molecular weight is 271 g/mol. The van der Waals surface area contributed by atoms with Crippen LogP contribution in [-0.4, -0.2) is 12.1 Å². The Balaban J connectivity index is 1.52. The van der Waals surface area contributed by atoms with E-state index in [9.17, 15) is 0 Å². The van der Waals surface area contributed by atoms with Gasteiger partial charge in [0, 0.05) is 12.1 Å². The van der Waals surface area contributed by atoms with Gasteiger partial charge in [0.15, 0.2) is 0 Å². The molecule has 2 aliphatic carbocycles. The van der Waals surface area contributed by atoms with E-state index in [2.05, 4.69) is 50.4 Å². The minimum Gasteiger partial charge on any atom is -0.311 e. The zero-order valence-corrected chi connectivity index (χ0v) is 13.2. The summed E-state index contributed by atoms with van der Waals surface area (Å²) in [6.45, 7) is 7.12. The van der Waals surface area contributed by atoms with E-state index in [-0.39, 0.29) is 0 Å². The van der Waals surface area contributed by atoms with E-state index < -0.39 is 0 Å². The molecule has 110 valence electrons. The van der Waals surface area contributed by atoms with Gasteiger partial charge in [0.1, 0.15) is 0 Å². The van der Waals surface area contributed by atoms with E-state index in [1.54, 1.807) is 5.56 Å². The second-order valence-electron chi connectivity index (χ2n) is 7.26. The highest BCUT2D eigenvalue weighted by atomic mass is 15.0. The van der Waals surface area contributed by atoms with Gasteiger partial charge < -0.3 is 5.32 Å². The molecule has 0 radical (unpaired) electrons. The van der Waals surface area contributed by atoms with Crippen molar-refractivity contribution in [2.24, 2.45) is 11.8 Å². The van der Waals surface area contributed by atoms with Crippen LogP contribution in [0.2, 0.25) is 0 Å². The van der Waals surface area contributed by atoms with Crippen LogP contribution < -0.4 is 5.32 Å². The lowest BCUT2D eigenvalue weighted by molar-refractivity contribution is 0.162. The van der Waals surface area contributed by atoms with Gasteiger partial charge in [0.2, 0.25) is 0 Å². The smallest absolute Gasteiger partial charge is 0.00978 e. The van der Waals surface area contributed by atoms with Crippen molar-refractivity contribution in [3.8, 4) is 0 Å². The van der Waals surface area contributed by atoms with Crippen LogP contribution in [0.3, 0.4) is 0 Å². The first kappa shape index (κ1) is 14.1. The molecule has 2 saturated carbocycles. The number of benzene rings is 1. The van der Waals surface area contributed by atoms with Crippen molar-refractivity contribution in [3.63, 3.8) is 0 Å². The first-order valence-corrected chi connectivity index (χ1v) is 8.46. The molecule has 2 aliphatic rings. The highest BCUT2D eigenvalue weighted by molar-refractivity contribution is 5.31. The molecule has 3 rings (SSSR count). The summed E-state index contributed by atoms with van der Waals surface area (Å²) < 4.78 is 0. The molecule has 1 heteroatoms. The molecule has 0 saturated heterocycles. The molecule has 1 N–H and O–H groups in total. The SMILES string of the molecule is Cc1ccccc1C1CC(NC2CCCC(C)C2C)C1. The van der Waals surface area contributed by atoms with Gasteiger partial charge in [-0.15, -0.1) is 0 Å². The summed E-state index contributed by atoms with van der Waals surface area (Å²) in [5.74, 6) is 2.54. The average Bonchev–Trinajstić information content (AvgIpc) is 2.39. The van der Waals surface area contributed by atoms with Crippen molar-refractivity contribution in [3.05, 3.63) is 35.4 Å². The molecule has 0 bridgehead atoms. The predicted molar refractivity (Wildman–Crippen MR) is 86.0 cm³/mol. The molecule has 20 heavy (non-hydrogen) atoms. The molecule has 0 heterocycles. The van der Waals surface area contributed by atoms with Gasteiger partial charge >= 0.3 is 0 Å². The van der Waals surface area contributed by atoms with Gasteiger partial charge in [0.05, 0.1) is 0 Å². The Morgan fingerprint density at radius 2 is 1.80 bits per heavy atom. The van der Waals surface area contributed by atoms with Crippen LogP contribution in [0.25, 0.3) is 0 Å². The molecule has 1 aromatic rings. The van der Waals surface area contributed by atoms with E-state index >= 15 is 0 Å². The van der Waals surface area contributed by atoms with Crippen LogP contribution in [-0.2, 0) is 0 Å². The molecule has 0 aromatic heterocycles. The second-order valence-corrected chi connectivity index (χ2v) is 7.26. The van der Waals surface area contributed by atoms with Crippen molar-refractivity contribution in [1.82, 2.24) is 5.32 Å². The highest BCUT2D eigenvalue weighted by Gasteiger charge is 2.35. The van der Waals surface area contributed by atoms with Crippen molar-refractivity contribution < 1.29 is 0 Å². The van der Waals surface area contributed by atoms with Crippen LogP contribution in [0, 0.1) is 18.8 Å². The number of hydrogen-bond acceptors (Lipinski definition) is 1. The summed E-state index contributed by atoms with van der Waals surface area (Å²) in [6, 6.07) is 10.4. The van der Waals surface area contributed by atoms with Crippen LogP contribution in [0.4, 0.5) is 0 Å². The van der Waals surface area contributed by atoms with Crippen LogP contribution >= 0.6 is 0 Å². The third kappa shape index (κ3) is 2.79. The van der Waals surface area contributed by atoms with Crippen LogP contribution in [0.15, 0.2) is 24.3 Å². The number of hydrogen-bond donors (Lipinski definition) is 1. The Bertz CT molecular complexity index is 447. The van der Waals surface area contributed by atoms with Crippen LogP contribution in [0.1, 0.15) is 63.0 Å². The maximum Gasteiger partial charge on any atom is 0.00978 e. The molecule has 2 fully saturated rings. The summed E-state index contributed by atoms with van der Waals surface area (Å²) in [5.41, 5.74) is 3.05. The zero-order valence-electron chi connectivity index (χ0n) is 13.2. The minimum atomic E-state index is 0.761. The lowest BCUT2D eigenvalue weighted by atomic mass is 9.72. The van der Waals surface area contributed by atoms with Gasteiger partial charge in [-0.3, -0.25) is 0 Å². The largest absolute Gasteiger partial charge is 0.311 e. The lowest BCUT2D eigenvalue weighted by Crippen LogP contribution is -2.50. The van der Waals surface area contributed by atoms with Gasteiger partial charge in [-0.05, 0) is 55.1 Å². The Hall–Kier alpha value is -0.820. The van der Waals surface area contributed by atoms with Gasteiger partial charge in [-0.25, -0.2) is 0 Å². The quantitative estimate of drug-likeness (QED) is 0.843. The Morgan fingerprint density at radius 3 is 2.55 bits per heavy atom. The Kier molecular flexibility index (Phi) is 4.16. The number of nitrogens with one attached hydrogen (secondary N) is 1. The Morgan fingerprint density at radius 1 is 1.05 bits per heavy atom. The van der Waals surface area contributed by atoms with Gasteiger partial charge in [0.25, 0.3) is 0 Å². The van der Waals surface area contributed by atoms with E-state index in [4.69, 9.17) is 0 Å². The van der Waals surface area contributed by atoms with Crippen molar-refractivity contribution in [2.45, 2.75) is 70.9 Å². The van der Waals surface area contributed by atoms with E-state index in [1.807, 2.05) is 0 Å². The maximum absolute atomic E-state index is 3.95. The molecule has 3 atom stereocenters. The van der Waals surface area contributed by atoms with Gasteiger partial charge in [-0.2, -0.15) is 0 Å². The zero-order chi connectivity index (χ0) is 14.1. The van der Waals surface area contributed by atoms with Crippen LogP contribution in [0.5, 0.6) is 0 Å². The van der Waals surface area contributed by atoms with Crippen molar-refractivity contribution in [2.75, 3.05) is 0 Å². The van der Waals surface area contributed by atoms with Gasteiger partial charge in [-0.1, -0.05) is 51.0 Å². The topological polar surface area (TPSA) is 12.0 Å². The molecule has 1 nitrogen and oxygen atoms in total. The first-order valence-electron chi connectivity index (χ1n) is 8.46.